The van der Waals surface area contributed by atoms with Gasteiger partial charge in [-0.25, -0.2) is 0 Å². The van der Waals surface area contributed by atoms with Crippen LogP contribution in [0.3, 0.4) is 0 Å². The molecule has 29 heavy (non-hydrogen) atoms. The lowest BCUT2D eigenvalue weighted by atomic mass is 10.1. The molecule has 2 rings (SSSR count). The summed E-state index contributed by atoms with van der Waals surface area (Å²) in [7, 11) is -4.36. The molecule has 0 heterocycles. The summed E-state index contributed by atoms with van der Waals surface area (Å²) in [5, 5.41) is 5.25. The van der Waals surface area contributed by atoms with E-state index < -0.39 is 16.6 Å². The summed E-state index contributed by atoms with van der Waals surface area (Å²) in [6.07, 6.45) is 0.848. The molecule has 0 saturated heterocycles. The van der Waals surface area contributed by atoms with Gasteiger partial charge in [0.25, 0.3) is 0 Å². The van der Waals surface area contributed by atoms with Crippen LogP contribution in [0.4, 0.5) is 0 Å². The first-order chi connectivity index (χ1) is 13.5. The molecule has 0 aliphatic carbocycles. The minimum absolute atomic E-state index is 0.0435. The molecule has 0 aliphatic rings. The highest BCUT2D eigenvalue weighted by molar-refractivity contribution is 6.96. The number of hydrogen-bond donors (Lipinski definition) is 1. The van der Waals surface area contributed by atoms with Gasteiger partial charge in [0.05, 0.1) is 6.42 Å². The largest absolute Gasteiger partial charge is 0.449 e. The van der Waals surface area contributed by atoms with Crippen molar-refractivity contribution in [3.05, 3.63) is 59.7 Å². The minimum Gasteiger partial charge on any atom is -0.449 e. The number of likely N-dealkylation sites (N-methyl/N-ethyl adjacent to an activating group) is 1. The van der Waals surface area contributed by atoms with E-state index >= 15 is 0 Å². The van der Waals surface area contributed by atoms with Crippen molar-refractivity contribution in [2.45, 2.75) is 52.9 Å². The lowest BCUT2D eigenvalue weighted by Crippen LogP contribution is -2.57. The molecule has 0 saturated carbocycles. The normalized spacial score (nSPS) is 11.9. The molecule has 6 heteroatoms. The maximum atomic E-state index is 11.9. The number of amides is 1. The first-order valence-electron chi connectivity index (χ1n) is 10.2. The van der Waals surface area contributed by atoms with E-state index in [4.69, 9.17) is 4.12 Å². The number of nitrogens with one attached hydrogen (secondary N) is 1. The molecule has 0 unspecified atom stereocenters. The van der Waals surface area contributed by atoms with Crippen LogP contribution in [0, 0.1) is 0 Å². The Morgan fingerprint density at radius 1 is 0.862 bits per heavy atom. The Labute approximate surface area is 176 Å². The average molecular weight is 428 g/mol. The fraction of sp³-hybridized carbons (Fsp3) is 0.391. The molecule has 0 aromatic heterocycles. The molecule has 0 fully saturated rings. The molecule has 4 nitrogen and oxygen atoms in total. The summed E-state index contributed by atoms with van der Waals surface area (Å²) >= 11 is 0. The van der Waals surface area contributed by atoms with E-state index in [2.05, 4.69) is 55.8 Å². The van der Waals surface area contributed by atoms with Crippen LogP contribution in [-0.2, 0) is 26.5 Å². The van der Waals surface area contributed by atoms with Gasteiger partial charge in [-0.05, 0) is 61.5 Å². The quantitative estimate of drug-likeness (QED) is 0.626. The Morgan fingerprint density at radius 2 is 1.34 bits per heavy atom. The Kier molecular flexibility index (Phi) is 7.74. The lowest BCUT2D eigenvalue weighted by molar-refractivity contribution is -0.120. The standard InChI is InChI=1S/C23H33NO3Si2/c1-7-24-23(26)17-20-11-9-13-22(16-20)29(5,6)27-28(3,4)21-12-8-10-19(15-21)14-18(2)25/h8-13,15-16H,7,14,17H2,1-6H3,(H,24,26). The van der Waals surface area contributed by atoms with Gasteiger partial charge in [0, 0.05) is 13.0 Å². The summed E-state index contributed by atoms with van der Waals surface area (Å²) in [6.45, 7) is 13.1. The van der Waals surface area contributed by atoms with E-state index in [0.29, 0.717) is 19.4 Å². The average Bonchev–Trinajstić information content (AvgIpc) is 2.61. The number of ketones is 1. The predicted octanol–water partition coefficient (Wildman–Crippen LogP) is 3.04. The van der Waals surface area contributed by atoms with Crippen molar-refractivity contribution in [1.82, 2.24) is 5.32 Å². The number of hydrogen-bond acceptors (Lipinski definition) is 3. The van der Waals surface area contributed by atoms with Crippen molar-refractivity contribution >= 4 is 38.7 Å². The van der Waals surface area contributed by atoms with Crippen LogP contribution in [0.2, 0.25) is 26.2 Å². The van der Waals surface area contributed by atoms with Crippen LogP contribution < -0.4 is 15.7 Å². The van der Waals surface area contributed by atoms with E-state index in [-0.39, 0.29) is 11.7 Å². The fourth-order valence-corrected chi connectivity index (χ4v) is 11.7. The van der Waals surface area contributed by atoms with Crippen LogP contribution in [0.25, 0.3) is 0 Å². The smallest absolute Gasteiger partial charge is 0.224 e. The van der Waals surface area contributed by atoms with Crippen LogP contribution in [0.15, 0.2) is 48.5 Å². The molecule has 2 aromatic rings. The molecule has 2 aromatic carbocycles. The van der Waals surface area contributed by atoms with E-state index in [1.165, 1.54) is 10.4 Å². The molecule has 156 valence electrons. The van der Waals surface area contributed by atoms with Crippen molar-refractivity contribution in [3.63, 3.8) is 0 Å². The van der Waals surface area contributed by atoms with Crippen LogP contribution in [0.1, 0.15) is 25.0 Å². The van der Waals surface area contributed by atoms with E-state index in [0.717, 1.165) is 11.1 Å². The van der Waals surface area contributed by atoms with Gasteiger partial charge in [0.15, 0.2) is 0 Å². The maximum absolute atomic E-state index is 11.9. The second-order valence-corrected chi connectivity index (χ2v) is 16.5. The van der Waals surface area contributed by atoms with Crippen LogP contribution in [-0.4, -0.2) is 34.9 Å². The molecule has 0 radical (unpaired) electrons. The summed E-state index contributed by atoms with van der Waals surface area (Å²) in [5.74, 6) is 0.211. The number of carbonyl (C=O) groups is 2. The van der Waals surface area contributed by atoms with Crippen LogP contribution in [0.5, 0.6) is 0 Å². The molecular formula is C23H33NO3Si2. The SMILES string of the molecule is CCNC(=O)Cc1cccc([Si](C)(C)O[Si](C)(C)c2cccc(CC(C)=O)c2)c1. The number of carbonyl (C=O) groups excluding carboxylic acids is 2. The first kappa shape index (κ1) is 23.3. The number of Topliss-reactive ketones (excluding diaryl/α,β-unsaturated/α-hetero) is 1. The molecule has 1 amide bonds. The van der Waals surface area contributed by atoms with Crippen molar-refractivity contribution in [2.24, 2.45) is 0 Å². The maximum Gasteiger partial charge on any atom is 0.224 e. The third-order valence-corrected chi connectivity index (χ3v) is 12.4. The van der Waals surface area contributed by atoms with Gasteiger partial charge in [-0.15, -0.1) is 0 Å². The van der Waals surface area contributed by atoms with E-state index in [9.17, 15) is 9.59 Å². The van der Waals surface area contributed by atoms with Crippen molar-refractivity contribution in [2.75, 3.05) is 6.54 Å². The first-order valence-corrected chi connectivity index (χ1v) is 16.0. The zero-order chi connectivity index (χ0) is 21.7. The molecule has 0 bridgehead atoms. The Morgan fingerprint density at radius 3 is 1.79 bits per heavy atom. The van der Waals surface area contributed by atoms with Gasteiger partial charge in [0.2, 0.25) is 22.5 Å². The highest BCUT2D eigenvalue weighted by Gasteiger charge is 2.36. The third-order valence-electron chi connectivity index (χ3n) is 4.95. The third kappa shape index (κ3) is 6.77. The van der Waals surface area contributed by atoms with Crippen molar-refractivity contribution in [1.29, 1.82) is 0 Å². The van der Waals surface area contributed by atoms with Crippen molar-refractivity contribution < 1.29 is 13.7 Å². The fourth-order valence-electron chi connectivity index (χ4n) is 3.60. The monoisotopic (exact) mass is 427 g/mol. The highest BCUT2D eigenvalue weighted by atomic mass is 28.4. The molecule has 0 aliphatic heterocycles. The summed E-state index contributed by atoms with van der Waals surface area (Å²) in [6, 6.07) is 16.5. The second-order valence-electron chi connectivity index (χ2n) is 8.53. The topological polar surface area (TPSA) is 55.4 Å². The molecule has 1 N–H and O–H groups in total. The van der Waals surface area contributed by atoms with Gasteiger partial charge in [0.1, 0.15) is 5.78 Å². The van der Waals surface area contributed by atoms with Crippen LogP contribution >= 0.6 is 0 Å². The number of rotatable bonds is 9. The predicted molar refractivity (Wildman–Crippen MR) is 125 cm³/mol. The lowest BCUT2D eigenvalue weighted by Gasteiger charge is -2.35. The highest BCUT2D eigenvalue weighted by Crippen LogP contribution is 2.17. The van der Waals surface area contributed by atoms with Crippen molar-refractivity contribution in [3.8, 4) is 0 Å². The zero-order valence-corrected chi connectivity index (χ0v) is 20.5. The Bertz CT molecular complexity index is 878. The van der Waals surface area contributed by atoms with E-state index in [1.807, 2.05) is 31.2 Å². The number of benzene rings is 2. The van der Waals surface area contributed by atoms with Gasteiger partial charge >= 0.3 is 0 Å². The molecular weight excluding hydrogens is 394 g/mol. The molecule has 0 spiro atoms. The molecule has 0 atom stereocenters. The summed E-state index contributed by atoms with van der Waals surface area (Å²) in [4.78, 5) is 23.4. The van der Waals surface area contributed by atoms with E-state index in [1.54, 1.807) is 6.92 Å². The Balaban J connectivity index is 2.23. The van der Waals surface area contributed by atoms with Gasteiger partial charge in [-0.2, -0.15) is 0 Å². The van der Waals surface area contributed by atoms with Gasteiger partial charge in [-0.1, -0.05) is 48.5 Å². The van der Waals surface area contributed by atoms with Gasteiger partial charge < -0.3 is 9.43 Å². The minimum atomic E-state index is -2.18. The summed E-state index contributed by atoms with van der Waals surface area (Å²) in [5.41, 5.74) is 2.06. The Hall–Kier alpha value is -2.03. The second kappa shape index (κ2) is 9.65. The van der Waals surface area contributed by atoms with Gasteiger partial charge in [-0.3, -0.25) is 9.59 Å². The zero-order valence-electron chi connectivity index (χ0n) is 18.5. The summed E-state index contributed by atoms with van der Waals surface area (Å²) < 4.78 is 6.86.